The van der Waals surface area contributed by atoms with E-state index in [0.29, 0.717) is 22.3 Å². The summed E-state index contributed by atoms with van der Waals surface area (Å²) < 4.78 is 11.8. The number of thioether (sulfide) groups is 1. The molecule has 0 saturated carbocycles. The quantitative estimate of drug-likeness (QED) is 0.601. The zero-order chi connectivity index (χ0) is 18.6. The van der Waals surface area contributed by atoms with E-state index in [1.807, 2.05) is 33.1 Å². The summed E-state index contributed by atoms with van der Waals surface area (Å²) in [5.41, 5.74) is 0.381. The predicted octanol–water partition coefficient (Wildman–Crippen LogP) is 2.56. The van der Waals surface area contributed by atoms with E-state index in [-0.39, 0.29) is 5.56 Å². The second kappa shape index (κ2) is 7.69. The van der Waals surface area contributed by atoms with E-state index in [1.54, 1.807) is 32.6 Å². The van der Waals surface area contributed by atoms with E-state index in [0.717, 1.165) is 5.56 Å². The number of methoxy groups -OCH3 is 2. The van der Waals surface area contributed by atoms with Crippen LogP contribution in [0.1, 0.15) is 32.0 Å². The number of ether oxygens (including phenoxy) is 2. The highest BCUT2D eigenvalue weighted by Crippen LogP contribution is 2.23. The second-order valence-electron chi connectivity index (χ2n) is 6.25. The molecular weight excluding hydrogens is 340 g/mol. The van der Waals surface area contributed by atoms with Crippen LogP contribution in [0.4, 0.5) is 0 Å². The largest absolute Gasteiger partial charge is 0.497 e. The summed E-state index contributed by atoms with van der Waals surface area (Å²) in [5.74, 6) is 1.27. The first kappa shape index (κ1) is 19.0. The van der Waals surface area contributed by atoms with Crippen LogP contribution in [0.15, 0.2) is 33.3 Å². The number of nitrogens with zero attached hydrogens (tertiary/aromatic N) is 4. The van der Waals surface area contributed by atoms with E-state index in [2.05, 4.69) is 15.3 Å². The van der Waals surface area contributed by atoms with Crippen LogP contribution in [-0.2, 0) is 5.41 Å². The Hall–Kier alpha value is -2.35. The van der Waals surface area contributed by atoms with E-state index in [1.165, 1.54) is 16.4 Å². The molecule has 134 valence electrons. The van der Waals surface area contributed by atoms with Gasteiger partial charge in [0.25, 0.3) is 5.56 Å². The molecule has 0 aliphatic rings. The normalized spacial score (nSPS) is 11.8. The lowest BCUT2D eigenvalue weighted by Gasteiger charge is -2.16. The average Bonchev–Trinajstić information content (AvgIpc) is 2.59. The van der Waals surface area contributed by atoms with Crippen LogP contribution in [0.3, 0.4) is 0 Å². The van der Waals surface area contributed by atoms with Crippen LogP contribution in [0.5, 0.6) is 11.5 Å². The van der Waals surface area contributed by atoms with Gasteiger partial charge in [0.15, 0.2) is 0 Å². The molecule has 1 aromatic heterocycles. The van der Waals surface area contributed by atoms with Gasteiger partial charge in [0, 0.05) is 17.0 Å². The molecule has 2 rings (SSSR count). The van der Waals surface area contributed by atoms with Gasteiger partial charge in [0.05, 0.1) is 20.4 Å². The minimum absolute atomic E-state index is 0.282. The fraction of sp³-hybridized carbons (Fsp3) is 0.412. The van der Waals surface area contributed by atoms with Gasteiger partial charge >= 0.3 is 0 Å². The lowest BCUT2D eigenvalue weighted by molar-refractivity contribution is 0.394. The predicted molar refractivity (Wildman–Crippen MR) is 99.3 cm³/mol. The molecular formula is C17H22N4O3S. The van der Waals surface area contributed by atoms with Crippen LogP contribution in [0, 0.1) is 0 Å². The van der Waals surface area contributed by atoms with Gasteiger partial charge in [-0.2, -0.15) is 9.78 Å². The molecule has 0 radical (unpaired) electrons. The lowest BCUT2D eigenvalue weighted by atomic mass is 9.93. The Labute approximate surface area is 151 Å². The summed E-state index contributed by atoms with van der Waals surface area (Å²) in [6.07, 6.45) is 3.38. The van der Waals surface area contributed by atoms with Crippen molar-refractivity contribution in [1.29, 1.82) is 0 Å². The average molecular weight is 362 g/mol. The molecule has 8 heteroatoms. The van der Waals surface area contributed by atoms with Crippen LogP contribution in [0.25, 0.3) is 0 Å². The van der Waals surface area contributed by atoms with Crippen LogP contribution >= 0.6 is 11.8 Å². The zero-order valence-corrected chi connectivity index (χ0v) is 16.0. The van der Waals surface area contributed by atoms with Crippen LogP contribution in [-0.4, -0.2) is 41.6 Å². The van der Waals surface area contributed by atoms with Gasteiger partial charge in [0.1, 0.15) is 17.2 Å². The molecule has 0 fully saturated rings. The summed E-state index contributed by atoms with van der Waals surface area (Å²) in [4.78, 5) is 12.8. The number of rotatable bonds is 5. The first-order chi connectivity index (χ1) is 11.8. The first-order valence-corrected chi connectivity index (χ1v) is 8.85. The highest BCUT2D eigenvalue weighted by atomic mass is 32.2. The van der Waals surface area contributed by atoms with Gasteiger partial charge in [-0.15, -0.1) is 10.2 Å². The van der Waals surface area contributed by atoms with Crippen molar-refractivity contribution in [3.63, 3.8) is 0 Å². The molecule has 7 nitrogen and oxygen atoms in total. The van der Waals surface area contributed by atoms with E-state index < -0.39 is 5.41 Å². The maximum absolute atomic E-state index is 12.8. The molecule has 0 spiro atoms. The molecule has 0 saturated heterocycles. The summed E-state index contributed by atoms with van der Waals surface area (Å²) in [6, 6.07) is 5.36. The number of hydrogen-bond donors (Lipinski definition) is 0. The van der Waals surface area contributed by atoms with E-state index >= 15 is 0 Å². The molecule has 0 aliphatic carbocycles. The van der Waals surface area contributed by atoms with Crippen molar-refractivity contribution in [3.8, 4) is 11.5 Å². The van der Waals surface area contributed by atoms with Gasteiger partial charge in [-0.1, -0.05) is 32.5 Å². The molecule has 0 bridgehead atoms. The van der Waals surface area contributed by atoms with Crippen molar-refractivity contribution in [2.75, 3.05) is 20.5 Å². The monoisotopic (exact) mass is 362 g/mol. The molecule has 0 unspecified atom stereocenters. The second-order valence-corrected chi connectivity index (χ2v) is 7.03. The number of aromatic nitrogens is 3. The summed E-state index contributed by atoms with van der Waals surface area (Å²) in [5, 5.41) is 12.9. The van der Waals surface area contributed by atoms with Crippen molar-refractivity contribution in [2.45, 2.75) is 31.3 Å². The number of hydrogen-bond acceptors (Lipinski definition) is 7. The Morgan fingerprint density at radius 2 is 1.92 bits per heavy atom. The Kier molecular flexibility index (Phi) is 5.84. The molecule has 2 aromatic rings. The Balaban J connectivity index is 2.53. The molecule has 1 aromatic carbocycles. The summed E-state index contributed by atoms with van der Waals surface area (Å²) in [6.45, 7) is 5.74. The molecule has 25 heavy (non-hydrogen) atoms. The third kappa shape index (κ3) is 4.19. The van der Waals surface area contributed by atoms with Gasteiger partial charge < -0.3 is 9.47 Å². The van der Waals surface area contributed by atoms with E-state index in [4.69, 9.17) is 9.47 Å². The third-order valence-electron chi connectivity index (χ3n) is 3.46. The van der Waals surface area contributed by atoms with Gasteiger partial charge in [-0.05, 0) is 18.4 Å². The first-order valence-electron chi connectivity index (χ1n) is 7.62. The molecule has 0 aliphatic heterocycles. The van der Waals surface area contributed by atoms with Crippen molar-refractivity contribution in [3.05, 3.63) is 39.8 Å². The van der Waals surface area contributed by atoms with Gasteiger partial charge in [-0.3, -0.25) is 4.79 Å². The minimum atomic E-state index is -0.421. The Morgan fingerprint density at radius 1 is 1.20 bits per heavy atom. The Bertz CT molecular complexity index is 841. The van der Waals surface area contributed by atoms with Gasteiger partial charge in [-0.25, -0.2) is 0 Å². The Morgan fingerprint density at radius 3 is 2.48 bits per heavy atom. The van der Waals surface area contributed by atoms with Crippen molar-refractivity contribution in [2.24, 2.45) is 5.10 Å². The van der Waals surface area contributed by atoms with Crippen molar-refractivity contribution >= 4 is 18.0 Å². The standard InChI is InChI=1S/C17H22N4O3S/c1-17(2,3)14-15(22)21(16(25-6)20-19-14)18-10-11-7-8-12(23-4)9-13(11)24-5/h7-10H,1-6H3/b18-10-. The molecule has 0 amide bonds. The topological polar surface area (TPSA) is 78.6 Å². The van der Waals surface area contributed by atoms with Crippen molar-refractivity contribution in [1.82, 2.24) is 14.9 Å². The summed E-state index contributed by atoms with van der Waals surface area (Å²) >= 11 is 1.30. The summed E-state index contributed by atoms with van der Waals surface area (Å²) in [7, 11) is 3.15. The highest BCUT2D eigenvalue weighted by Gasteiger charge is 2.23. The lowest BCUT2D eigenvalue weighted by Crippen LogP contribution is -2.32. The van der Waals surface area contributed by atoms with Crippen molar-refractivity contribution < 1.29 is 9.47 Å². The highest BCUT2D eigenvalue weighted by molar-refractivity contribution is 7.98. The third-order valence-corrected chi connectivity index (χ3v) is 4.08. The molecule has 1 heterocycles. The SMILES string of the molecule is COc1ccc(/C=N\n2c(SC)nnc(C(C)(C)C)c2=O)c(OC)c1. The maximum atomic E-state index is 12.8. The van der Waals surface area contributed by atoms with E-state index in [9.17, 15) is 4.79 Å². The number of benzene rings is 1. The minimum Gasteiger partial charge on any atom is -0.497 e. The zero-order valence-electron chi connectivity index (χ0n) is 15.2. The fourth-order valence-electron chi connectivity index (χ4n) is 2.11. The maximum Gasteiger partial charge on any atom is 0.297 e. The van der Waals surface area contributed by atoms with Gasteiger partial charge in [0.2, 0.25) is 5.16 Å². The van der Waals surface area contributed by atoms with Crippen LogP contribution in [0.2, 0.25) is 0 Å². The smallest absolute Gasteiger partial charge is 0.297 e. The fourth-order valence-corrected chi connectivity index (χ4v) is 2.54. The molecule has 0 N–H and O–H groups in total. The van der Waals surface area contributed by atoms with Crippen LogP contribution < -0.4 is 15.0 Å². The molecule has 0 atom stereocenters.